The van der Waals surface area contributed by atoms with Crippen molar-refractivity contribution < 1.29 is 22.6 Å². The molecular weight excluding hydrogens is 458 g/mol. The van der Waals surface area contributed by atoms with Crippen LogP contribution < -0.4 is 0 Å². The van der Waals surface area contributed by atoms with Crippen LogP contribution in [0.3, 0.4) is 0 Å². The second-order valence-electron chi connectivity index (χ2n) is 7.68. The first-order valence-corrected chi connectivity index (χ1v) is 12.8. The van der Waals surface area contributed by atoms with Gasteiger partial charge in [0, 0.05) is 25.5 Å². The summed E-state index contributed by atoms with van der Waals surface area (Å²) in [6, 6.07) is 0.0452. The van der Waals surface area contributed by atoms with Crippen LogP contribution in [-0.2, 0) is 29.8 Å². The first-order valence-electron chi connectivity index (χ1n) is 10.7. The summed E-state index contributed by atoms with van der Waals surface area (Å²) < 4.78 is 45.5. The van der Waals surface area contributed by atoms with Crippen LogP contribution in [0.1, 0.15) is 69.3 Å². The van der Waals surface area contributed by atoms with Crippen molar-refractivity contribution in [2.75, 3.05) is 26.9 Å². The molecule has 3 atom stereocenters. The van der Waals surface area contributed by atoms with Gasteiger partial charge in [-0.25, -0.2) is 18.4 Å². The van der Waals surface area contributed by atoms with Gasteiger partial charge in [-0.3, -0.25) is 0 Å². The summed E-state index contributed by atoms with van der Waals surface area (Å²) in [5.74, 6) is 0.934. The van der Waals surface area contributed by atoms with Gasteiger partial charge in [-0.15, -0.1) is 10.2 Å². The van der Waals surface area contributed by atoms with Crippen LogP contribution in [0.15, 0.2) is 12.4 Å². The van der Waals surface area contributed by atoms with Crippen LogP contribution in [0, 0.1) is 0 Å². The molecule has 0 spiro atoms. The minimum absolute atomic E-state index is 0.0452. The highest BCUT2D eigenvalue weighted by Crippen LogP contribution is 2.30. The predicted octanol–water partition coefficient (Wildman–Crippen LogP) is 2.86. The molecule has 0 saturated carbocycles. The molecular formula is C20H30ClN5O5S. The molecule has 0 unspecified atom stereocenters. The molecule has 0 aliphatic carbocycles. The third-order valence-electron chi connectivity index (χ3n) is 5.68. The Morgan fingerprint density at radius 3 is 2.47 bits per heavy atom. The van der Waals surface area contributed by atoms with Gasteiger partial charge in [0.05, 0.1) is 30.1 Å². The van der Waals surface area contributed by atoms with Crippen molar-refractivity contribution in [1.82, 2.24) is 24.7 Å². The van der Waals surface area contributed by atoms with Gasteiger partial charge in [0.15, 0.2) is 21.5 Å². The van der Waals surface area contributed by atoms with E-state index >= 15 is 0 Å². The second-order valence-corrected chi connectivity index (χ2v) is 10.5. The highest BCUT2D eigenvalue weighted by molar-refractivity contribution is 7.91. The van der Waals surface area contributed by atoms with Crippen LogP contribution in [0.4, 0.5) is 0 Å². The summed E-state index contributed by atoms with van der Waals surface area (Å²) in [4.78, 5) is 8.27. The lowest BCUT2D eigenvalue weighted by atomic mass is 10.1. The van der Waals surface area contributed by atoms with Gasteiger partial charge in [0.1, 0.15) is 23.8 Å². The Labute approximate surface area is 193 Å². The molecule has 178 valence electrons. The molecule has 12 heteroatoms. The molecule has 1 aliphatic heterocycles. The normalized spacial score (nSPS) is 19.2. The van der Waals surface area contributed by atoms with E-state index in [4.69, 9.17) is 25.8 Å². The number of sulfone groups is 1. The standard InChI is InChI=1S/C20H30ClN5O5S/c1-5-15(6-2)26-17(24-25-20(26)16-11-30-7-8-31-16)12-32(27,28)13(3)18(29-4)19-22-9-14(21)10-23-19/h9-10,13,15-16,18H,5-8,11-12H2,1-4H3/t13-,16-,18-/m0/s1. The summed E-state index contributed by atoms with van der Waals surface area (Å²) in [6.07, 6.45) is 3.21. The number of aromatic nitrogens is 5. The molecule has 0 N–H and O–H groups in total. The van der Waals surface area contributed by atoms with E-state index < -0.39 is 21.2 Å². The first-order chi connectivity index (χ1) is 15.3. The number of halogens is 1. The Kier molecular flexibility index (Phi) is 8.56. The third kappa shape index (κ3) is 5.45. The van der Waals surface area contributed by atoms with Gasteiger partial charge < -0.3 is 18.8 Å². The van der Waals surface area contributed by atoms with Crippen molar-refractivity contribution in [3.8, 4) is 0 Å². The number of hydrogen-bond donors (Lipinski definition) is 0. The molecule has 10 nitrogen and oxygen atoms in total. The summed E-state index contributed by atoms with van der Waals surface area (Å²) in [6.45, 7) is 7.03. The molecule has 0 amide bonds. The van der Waals surface area contributed by atoms with Crippen molar-refractivity contribution in [2.24, 2.45) is 0 Å². The molecule has 2 aromatic rings. The molecule has 0 radical (unpaired) electrons. The van der Waals surface area contributed by atoms with Crippen molar-refractivity contribution >= 4 is 21.4 Å². The lowest BCUT2D eigenvalue weighted by Gasteiger charge is -2.26. The van der Waals surface area contributed by atoms with Crippen molar-refractivity contribution in [1.29, 1.82) is 0 Å². The van der Waals surface area contributed by atoms with Gasteiger partial charge in [-0.05, 0) is 19.8 Å². The molecule has 2 aromatic heterocycles. The first kappa shape index (κ1) is 25.0. The zero-order chi connectivity index (χ0) is 23.3. The fourth-order valence-corrected chi connectivity index (χ4v) is 5.35. The number of methoxy groups -OCH3 is 1. The summed E-state index contributed by atoms with van der Waals surface area (Å²) >= 11 is 5.86. The summed E-state index contributed by atoms with van der Waals surface area (Å²) in [7, 11) is -2.28. The van der Waals surface area contributed by atoms with E-state index in [1.807, 2.05) is 4.57 Å². The van der Waals surface area contributed by atoms with E-state index in [9.17, 15) is 8.42 Å². The fourth-order valence-electron chi connectivity index (χ4n) is 3.82. The highest BCUT2D eigenvalue weighted by Gasteiger charge is 2.36. The van der Waals surface area contributed by atoms with E-state index in [-0.39, 0.29) is 23.7 Å². The maximum absolute atomic E-state index is 13.4. The maximum atomic E-state index is 13.4. The minimum Gasteiger partial charge on any atom is -0.376 e. The largest absolute Gasteiger partial charge is 0.376 e. The van der Waals surface area contributed by atoms with Gasteiger partial charge in [-0.2, -0.15) is 0 Å². The van der Waals surface area contributed by atoms with Crippen LogP contribution in [0.2, 0.25) is 5.02 Å². The monoisotopic (exact) mass is 487 g/mol. The average molecular weight is 488 g/mol. The zero-order valence-corrected chi connectivity index (χ0v) is 20.3. The predicted molar refractivity (Wildman–Crippen MR) is 118 cm³/mol. The SMILES string of the molecule is CCC(CC)n1c(CS(=O)(=O)[C@@H](C)[C@H](OC)c2ncc(Cl)cn2)nnc1[C@@H]1COCCO1. The number of nitrogens with zero attached hydrogens (tertiary/aromatic N) is 5. The maximum Gasteiger partial charge on any atom is 0.164 e. The molecule has 0 aromatic carbocycles. The molecule has 3 heterocycles. The van der Waals surface area contributed by atoms with Crippen LogP contribution in [0.5, 0.6) is 0 Å². The van der Waals surface area contributed by atoms with E-state index in [1.54, 1.807) is 6.92 Å². The molecule has 32 heavy (non-hydrogen) atoms. The minimum atomic E-state index is -3.71. The van der Waals surface area contributed by atoms with Crippen molar-refractivity contribution in [3.63, 3.8) is 0 Å². The number of rotatable bonds is 10. The molecule has 3 rings (SSSR count). The van der Waals surface area contributed by atoms with Gasteiger partial charge in [-0.1, -0.05) is 25.4 Å². The molecule has 1 aliphatic rings. The Hall–Kier alpha value is -1.66. The average Bonchev–Trinajstić information content (AvgIpc) is 3.19. The Balaban J connectivity index is 1.91. The summed E-state index contributed by atoms with van der Waals surface area (Å²) in [5.41, 5.74) is 0. The Morgan fingerprint density at radius 1 is 1.22 bits per heavy atom. The smallest absolute Gasteiger partial charge is 0.164 e. The fraction of sp³-hybridized carbons (Fsp3) is 0.700. The number of hydrogen-bond acceptors (Lipinski definition) is 9. The third-order valence-corrected chi connectivity index (χ3v) is 7.91. The van der Waals surface area contributed by atoms with Crippen molar-refractivity contribution in [2.45, 2.75) is 62.9 Å². The Morgan fingerprint density at radius 2 is 1.91 bits per heavy atom. The topological polar surface area (TPSA) is 118 Å². The van der Waals surface area contributed by atoms with Crippen LogP contribution in [-0.4, -0.2) is 65.3 Å². The van der Waals surface area contributed by atoms with E-state index in [1.165, 1.54) is 19.5 Å². The van der Waals surface area contributed by atoms with Crippen LogP contribution in [0.25, 0.3) is 0 Å². The molecule has 0 bridgehead atoms. The van der Waals surface area contributed by atoms with Gasteiger partial charge in [0.25, 0.3) is 0 Å². The Bertz CT molecular complexity index is 975. The zero-order valence-electron chi connectivity index (χ0n) is 18.8. The van der Waals surface area contributed by atoms with Gasteiger partial charge >= 0.3 is 0 Å². The lowest BCUT2D eigenvalue weighted by molar-refractivity contribution is -0.0952. The quantitative estimate of drug-likeness (QED) is 0.498. The second kappa shape index (κ2) is 11.0. The lowest BCUT2D eigenvalue weighted by Crippen LogP contribution is -2.31. The van der Waals surface area contributed by atoms with E-state index in [2.05, 4.69) is 34.0 Å². The number of ether oxygens (including phenoxy) is 3. The summed E-state index contributed by atoms with van der Waals surface area (Å²) in [5, 5.41) is 8.00. The van der Waals surface area contributed by atoms with E-state index in [0.29, 0.717) is 36.5 Å². The molecule has 1 fully saturated rings. The van der Waals surface area contributed by atoms with Crippen LogP contribution >= 0.6 is 11.6 Å². The van der Waals surface area contributed by atoms with Gasteiger partial charge in [0.2, 0.25) is 0 Å². The molecule has 1 saturated heterocycles. The van der Waals surface area contributed by atoms with E-state index in [0.717, 1.165) is 12.8 Å². The van der Waals surface area contributed by atoms with Crippen molar-refractivity contribution in [3.05, 3.63) is 34.9 Å². The highest BCUT2D eigenvalue weighted by atomic mass is 35.5.